The Balaban J connectivity index is 1.56. The lowest BCUT2D eigenvalue weighted by Gasteiger charge is -2.43. The van der Waals surface area contributed by atoms with E-state index in [1.54, 1.807) is 30.3 Å². The average molecular weight is 473 g/mol. The van der Waals surface area contributed by atoms with Crippen molar-refractivity contribution in [3.05, 3.63) is 90.0 Å². The molecule has 174 valence electrons. The van der Waals surface area contributed by atoms with Crippen molar-refractivity contribution >= 4 is 15.5 Å². The molecule has 0 aromatic heterocycles. The molecule has 1 heterocycles. The van der Waals surface area contributed by atoms with Gasteiger partial charge in [0.2, 0.25) is 0 Å². The summed E-state index contributed by atoms with van der Waals surface area (Å²) in [7, 11) is -3.29. The molecule has 4 rings (SSSR count). The molecular weight excluding hydrogens is 446 g/mol. The smallest absolute Gasteiger partial charge is 0.387 e. The summed E-state index contributed by atoms with van der Waals surface area (Å²) in [6.07, 6.45) is 1.22. The van der Waals surface area contributed by atoms with E-state index in [0.717, 1.165) is 24.3 Å². The van der Waals surface area contributed by atoms with Gasteiger partial charge >= 0.3 is 6.61 Å². The number of alkyl halides is 2. The molecule has 1 aliphatic rings. The Kier molecular flexibility index (Phi) is 6.95. The minimum atomic E-state index is -3.29. The third-order valence-corrected chi connectivity index (χ3v) is 6.93. The number of halogens is 2. The minimum Gasteiger partial charge on any atom is -0.435 e. The molecule has 0 unspecified atom stereocenters. The van der Waals surface area contributed by atoms with E-state index in [4.69, 9.17) is 0 Å². The fraction of sp³-hybridized carbons (Fsp3) is 0.280. The van der Waals surface area contributed by atoms with Crippen LogP contribution in [0, 0.1) is 0 Å². The van der Waals surface area contributed by atoms with Crippen molar-refractivity contribution in [1.29, 1.82) is 0 Å². The number of piperazine rings is 1. The van der Waals surface area contributed by atoms with Crippen LogP contribution in [0.5, 0.6) is 5.75 Å². The minimum absolute atomic E-state index is 0.0823. The third kappa shape index (κ3) is 5.89. The number of rotatable bonds is 7. The van der Waals surface area contributed by atoms with Gasteiger partial charge in [0.15, 0.2) is 9.84 Å². The van der Waals surface area contributed by atoms with Crippen LogP contribution in [0.4, 0.5) is 14.5 Å². The van der Waals surface area contributed by atoms with Crippen molar-refractivity contribution in [2.75, 3.05) is 30.8 Å². The van der Waals surface area contributed by atoms with Gasteiger partial charge in [0.25, 0.3) is 0 Å². The highest BCUT2D eigenvalue weighted by Crippen LogP contribution is 2.31. The summed E-state index contributed by atoms with van der Waals surface area (Å²) >= 11 is 0. The van der Waals surface area contributed by atoms with Crippen molar-refractivity contribution in [3.63, 3.8) is 0 Å². The molecule has 1 atom stereocenters. The predicted molar refractivity (Wildman–Crippen MR) is 124 cm³/mol. The van der Waals surface area contributed by atoms with Gasteiger partial charge in [0, 0.05) is 38.1 Å². The molecule has 8 heteroatoms. The highest BCUT2D eigenvalue weighted by molar-refractivity contribution is 7.90. The van der Waals surface area contributed by atoms with E-state index in [1.165, 1.54) is 11.8 Å². The zero-order valence-electron chi connectivity index (χ0n) is 18.3. The van der Waals surface area contributed by atoms with Crippen LogP contribution in [0.1, 0.15) is 17.2 Å². The molecule has 1 fully saturated rings. The van der Waals surface area contributed by atoms with Crippen LogP contribution >= 0.6 is 0 Å². The van der Waals surface area contributed by atoms with E-state index in [2.05, 4.69) is 26.7 Å². The van der Waals surface area contributed by atoms with Crippen molar-refractivity contribution in [1.82, 2.24) is 4.90 Å². The van der Waals surface area contributed by atoms with Crippen molar-refractivity contribution in [2.45, 2.75) is 24.1 Å². The van der Waals surface area contributed by atoms with Gasteiger partial charge in [0.1, 0.15) is 5.75 Å². The fourth-order valence-corrected chi connectivity index (χ4v) is 4.82. The number of hydrogen-bond acceptors (Lipinski definition) is 5. The molecule has 1 aliphatic heterocycles. The quantitative estimate of drug-likeness (QED) is 0.497. The summed E-state index contributed by atoms with van der Waals surface area (Å²) in [5.41, 5.74) is 3.05. The van der Waals surface area contributed by atoms with Crippen molar-refractivity contribution in [3.8, 4) is 5.75 Å². The number of anilines is 1. The summed E-state index contributed by atoms with van der Waals surface area (Å²) in [5.74, 6) is 0.143. The lowest BCUT2D eigenvalue weighted by molar-refractivity contribution is -0.0498. The lowest BCUT2D eigenvalue weighted by Crippen LogP contribution is -2.48. The lowest BCUT2D eigenvalue weighted by atomic mass is 10.0. The Labute approximate surface area is 193 Å². The van der Waals surface area contributed by atoms with Crippen LogP contribution in [0.25, 0.3) is 0 Å². The van der Waals surface area contributed by atoms with Gasteiger partial charge in [-0.3, -0.25) is 4.90 Å². The van der Waals surface area contributed by atoms with E-state index in [-0.39, 0.29) is 11.8 Å². The van der Waals surface area contributed by atoms with Gasteiger partial charge in [-0.25, -0.2) is 8.42 Å². The van der Waals surface area contributed by atoms with Crippen LogP contribution in [-0.4, -0.2) is 45.8 Å². The van der Waals surface area contributed by atoms with Crippen LogP contribution < -0.4 is 9.64 Å². The van der Waals surface area contributed by atoms with E-state index in [0.29, 0.717) is 18.0 Å². The number of nitrogens with zero attached hydrogens (tertiary/aromatic N) is 2. The van der Waals surface area contributed by atoms with Crippen molar-refractivity contribution < 1.29 is 21.9 Å². The molecule has 0 radical (unpaired) electrons. The number of hydrogen-bond donors (Lipinski definition) is 0. The van der Waals surface area contributed by atoms with Crippen LogP contribution in [0.15, 0.2) is 83.8 Å². The second-order valence-corrected chi connectivity index (χ2v) is 10.2. The molecular formula is C25H26F2N2O3S. The largest absolute Gasteiger partial charge is 0.435 e. The molecule has 0 spiro atoms. The first-order chi connectivity index (χ1) is 15.8. The number of ether oxygens (including phenoxy) is 1. The Hall–Kier alpha value is -2.97. The molecule has 0 saturated carbocycles. The van der Waals surface area contributed by atoms with Gasteiger partial charge in [-0.05, 0) is 41.5 Å². The zero-order chi connectivity index (χ0) is 23.4. The van der Waals surface area contributed by atoms with Crippen LogP contribution in [-0.2, 0) is 16.4 Å². The Morgan fingerprint density at radius 3 is 2.36 bits per heavy atom. The summed E-state index contributed by atoms with van der Waals surface area (Å²) in [5, 5.41) is 0. The van der Waals surface area contributed by atoms with Gasteiger partial charge in [-0.1, -0.05) is 48.5 Å². The van der Waals surface area contributed by atoms with E-state index in [1.807, 2.05) is 36.4 Å². The normalized spacial score (nSPS) is 17.3. The van der Waals surface area contributed by atoms with Gasteiger partial charge in [-0.2, -0.15) is 8.78 Å². The van der Waals surface area contributed by atoms with Crippen LogP contribution in [0.3, 0.4) is 0 Å². The number of benzene rings is 3. The SMILES string of the molecule is CS(=O)(=O)c1cccc(N2CCN(Cc3ccc(OC(F)F)cc3)[C@@H](c3ccccc3)C2)c1. The zero-order valence-corrected chi connectivity index (χ0v) is 19.1. The highest BCUT2D eigenvalue weighted by Gasteiger charge is 2.29. The van der Waals surface area contributed by atoms with Gasteiger partial charge < -0.3 is 9.64 Å². The predicted octanol–water partition coefficient (Wildman–Crippen LogP) is 4.76. The maximum atomic E-state index is 12.4. The van der Waals surface area contributed by atoms with E-state index < -0.39 is 16.4 Å². The summed E-state index contributed by atoms with van der Waals surface area (Å²) < 4.78 is 53.3. The second kappa shape index (κ2) is 9.89. The van der Waals surface area contributed by atoms with E-state index >= 15 is 0 Å². The maximum absolute atomic E-state index is 12.4. The third-order valence-electron chi connectivity index (χ3n) is 5.82. The summed E-state index contributed by atoms with van der Waals surface area (Å²) in [4.78, 5) is 4.88. The van der Waals surface area contributed by atoms with Gasteiger partial charge in [-0.15, -0.1) is 0 Å². The standard InChI is InChI=1S/C25H26F2N2O3S/c1-33(30,31)23-9-5-8-21(16-23)28-14-15-29(24(18-28)20-6-3-2-4-7-20)17-19-10-12-22(13-11-19)32-25(26)27/h2-13,16,24-25H,14-15,17-18H2,1H3/t24-/m1/s1. The monoisotopic (exact) mass is 472 g/mol. The Morgan fingerprint density at radius 1 is 0.970 bits per heavy atom. The average Bonchev–Trinajstić information content (AvgIpc) is 2.80. The molecule has 0 amide bonds. The maximum Gasteiger partial charge on any atom is 0.387 e. The molecule has 3 aromatic rings. The first-order valence-electron chi connectivity index (χ1n) is 10.7. The molecule has 0 bridgehead atoms. The van der Waals surface area contributed by atoms with Crippen LogP contribution in [0.2, 0.25) is 0 Å². The second-order valence-electron chi connectivity index (χ2n) is 8.13. The Morgan fingerprint density at radius 2 is 1.70 bits per heavy atom. The number of sulfone groups is 1. The summed E-state index contributed by atoms with van der Waals surface area (Å²) in [6.45, 7) is 0.0176. The first kappa shape index (κ1) is 23.2. The molecule has 3 aromatic carbocycles. The summed E-state index contributed by atoms with van der Waals surface area (Å²) in [6, 6.07) is 24.1. The van der Waals surface area contributed by atoms with Gasteiger partial charge in [0.05, 0.1) is 10.9 Å². The molecule has 33 heavy (non-hydrogen) atoms. The Bertz CT molecular complexity index is 1170. The molecule has 1 saturated heterocycles. The molecule has 0 aliphatic carbocycles. The molecule has 0 N–H and O–H groups in total. The fourth-order valence-electron chi connectivity index (χ4n) is 4.16. The highest BCUT2D eigenvalue weighted by atomic mass is 32.2. The van der Waals surface area contributed by atoms with Crippen molar-refractivity contribution in [2.24, 2.45) is 0 Å². The topological polar surface area (TPSA) is 49.9 Å². The molecule has 5 nitrogen and oxygen atoms in total. The van der Waals surface area contributed by atoms with E-state index in [9.17, 15) is 17.2 Å². The first-order valence-corrected chi connectivity index (χ1v) is 12.6.